The lowest BCUT2D eigenvalue weighted by Gasteiger charge is -2.27. The Morgan fingerprint density at radius 1 is 1.00 bits per heavy atom. The molecule has 0 bridgehead atoms. The van der Waals surface area contributed by atoms with E-state index in [1.54, 1.807) is 13.8 Å². The van der Waals surface area contributed by atoms with Crippen molar-refractivity contribution in [2.24, 2.45) is 11.8 Å². The topological polar surface area (TPSA) is 63.9 Å². The first kappa shape index (κ1) is 20.5. The predicted molar refractivity (Wildman–Crippen MR) is 114 cm³/mol. The highest BCUT2D eigenvalue weighted by molar-refractivity contribution is 5.27. The summed E-state index contributed by atoms with van der Waals surface area (Å²) in [5, 5.41) is 31.9. The van der Waals surface area contributed by atoms with Gasteiger partial charge in [-0.15, -0.1) is 0 Å². The standard InChI is InChI=1S/C25H33NO3/c1-24(2,28)22-10-8-19(9-11-22)23(27)17-26-15-20-13-25(29,14-21(20)16-26)12-18-6-4-3-5-7-18/h3-11,20-21,23,27-29H,12-17H2,1-2H3/t20-,21+,23?,25-. The Labute approximate surface area is 173 Å². The maximum absolute atomic E-state index is 11.1. The third-order valence-electron chi connectivity index (χ3n) is 6.75. The van der Waals surface area contributed by atoms with Crippen molar-refractivity contribution < 1.29 is 15.3 Å². The van der Waals surface area contributed by atoms with Crippen LogP contribution in [0.3, 0.4) is 0 Å². The molecule has 0 spiro atoms. The Morgan fingerprint density at radius 2 is 1.59 bits per heavy atom. The van der Waals surface area contributed by atoms with Gasteiger partial charge in [-0.1, -0.05) is 54.6 Å². The van der Waals surface area contributed by atoms with E-state index in [-0.39, 0.29) is 0 Å². The van der Waals surface area contributed by atoms with Crippen molar-refractivity contribution >= 4 is 0 Å². The smallest absolute Gasteiger partial charge is 0.0916 e. The second kappa shape index (κ2) is 7.84. The first-order valence-corrected chi connectivity index (χ1v) is 10.7. The van der Waals surface area contributed by atoms with Gasteiger partial charge in [-0.2, -0.15) is 0 Å². The first-order valence-electron chi connectivity index (χ1n) is 10.7. The number of hydrogen-bond donors (Lipinski definition) is 3. The molecule has 3 N–H and O–H groups in total. The Balaban J connectivity index is 1.31. The zero-order chi connectivity index (χ0) is 20.6. The molecule has 4 nitrogen and oxygen atoms in total. The molecule has 4 heteroatoms. The molecule has 2 fully saturated rings. The van der Waals surface area contributed by atoms with Gasteiger partial charge in [0.25, 0.3) is 0 Å². The minimum atomic E-state index is -0.869. The van der Waals surface area contributed by atoms with Crippen molar-refractivity contribution in [1.29, 1.82) is 0 Å². The van der Waals surface area contributed by atoms with Gasteiger partial charge in [0, 0.05) is 26.1 Å². The van der Waals surface area contributed by atoms with Gasteiger partial charge in [0.15, 0.2) is 0 Å². The molecule has 4 rings (SSSR count). The summed E-state index contributed by atoms with van der Waals surface area (Å²) in [5.41, 5.74) is 1.48. The fraction of sp³-hybridized carbons (Fsp3) is 0.520. The number of aliphatic hydroxyl groups is 3. The summed E-state index contributed by atoms with van der Waals surface area (Å²) in [4.78, 5) is 2.34. The average Bonchev–Trinajstić information content (AvgIpc) is 3.15. The number of likely N-dealkylation sites (tertiary alicyclic amines) is 1. The third-order valence-corrected chi connectivity index (χ3v) is 6.75. The molecular weight excluding hydrogens is 362 g/mol. The maximum Gasteiger partial charge on any atom is 0.0916 e. The Bertz CT molecular complexity index is 798. The molecule has 1 saturated carbocycles. The maximum atomic E-state index is 11.1. The number of hydrogen-bond acceptors (Lipinski definition) is 4. The number of nitrogens with zero attached hydrogens (tertiary/aromatic N) is 1. The quantitative estimate of drug-likeness (QED) is 0.703. The summed E-state index contributed by atoms with van der Waals surface area (Å²) in [6.45, 7) is 6.04. The van der Waals surface area contributed by atoms with Gasteiger partial charge in [-0.05, 0) is 55.2 Å². The first-order chi connectivity index (χ1) is 13.7. The molecule has 1 unspecified atom stereocenters. The molecule has 29 heavy (non-hydrogen) atoms. The van der Waals surface area contributed by atoms with Crippen molar-refractivity contribution in [3.63, 3.8) is 0 Å². The van der Waals surface area contributed by atoms with Crippen molar-refractivity contribution in [2.75, 3.05) is 19.6 Å². The average molecular weight is 396 g/mol. The van der Waals surface area contributed by atoms with Crippen LogP contribution in [0.15, 0.2) is 54.6 Å². The molecule has 1 aliphatic carbocycles. The number of rotatable bonds is 6. The van der Waals surface area contributed by atoms with Crippen LogP contribution in [0.4, 0.5) is 0 Å². The van der Waals surface area contributed by atoms with Crippen LogP contribution in [0.5, 0.6) is 0 Å². The van der Waals surface area contributed by atoms with Crippen LogP contribution in [0.2, 0.25) is 0 Å². The number of benzene rings is 2. The van der Waals surface area contributed by atoms with Crippen LogP contribution >= 0.6 is 0 Å². The van der Waals surface area contributed by atoms with Crippen molar-refractivity contribution in [3.05, 3.63) is 71.3 Å². The molecule has 156 valence electrons. The minimum Gasteiger partial charge on any atom is -0.390 e. The SMILES string of the molecule is CC(C)(O)c1ccc(C(O)CN2C[C@@H]3C[C@@](O)(Cc4ccccc4)C[C@@H]3C2)cc1. The molecule has 4 atom stereocenters. The lowest BCUT2D eigenvalue weighted by molar-refractivity contribution is 0.0328. The highest BCUT2D eigenvalue weighted by Gasteiger charge is 2.48. The van der Waals surface area contributed by atoms with E-state index in [0.29, 0.717) is 18.4 Å². The van der Waals surface area contributed by atoms with Crippen LogP contribution in [0.1, 0.15) is 49.5 Å². The molecule has 1 saturated heterocycles. The van der Waals surface area contributed by atoms with E-state index in [4.69, 9.17) is 0 Å². The van der Waals surface area contributed by atoms with E-state index in [2.05, 4.69) is 17.0 Å². The zero-order valence-corrected chi connectivity index (χ0v) is 17.5. The molecule has 1 aliphatic heterocycles. The third kappa shape index (κ3) is 4.72. The summed E-state index contributed by atoms with van der Waals surface area (Å²) in [5.74, 6) is 1.02. The summed E-state index contributed by atoms with van der Waals surface area (Å²) >= 11 is 0. The van der Waals surface area contributed by atoms with Crippen LogP contribution in [-0.4, -0.2) is 45.5 Å². The van der Waals surface area contributed by atoms with Gasteiger partial charge >= 0.3 is 0 Å². The van der Waals surface area contributed by atoms with E-state index >= 15 is 0 Å². The molecular formula is C25H33NO3. The van der Waals surface area contributed by atoms with Gasteiger partial charge in [0.2, 0.25) is 0 Å². The largest absolute Gasteiger partial charge is 0.390 e. The van der Waals surface area contributed by atoms with E-state index in [1.807, 2.05) is 42.5 Å². The molecule has 2 aliphatic rings. The zero-order valence-electron chi connectivity index (χ0n) is 17.5. The van der Waals surface area contributed by atoms with E-state index in [0.717, 1.165) is 43.5 Å². The molecule has 0 amide bonds. The van der Waals surface area contributed by atoms with Crippen LogP contribution in [0, 0.1) is 11.8 Å². The van der Waals surface area contributed by atoms with Gasteiger partial charge in [0.05, 0.1) is 17.3 Å². The van der Waals surface area contributed by atoms with Gasteiger partial charge in [-0.3, -0.25) is 4.90 Å². The Morgan fingerprint density at radius 3 is 2.14 bits per heavy atom. The van der Waals surface area contributed by atoms with E-state index < -0.39 is 17.3 Å². The van der Waals surface area contributed by atoms with E-state index in [1.165, 1.54) is 5.56 Å². The fourth-order valence-corrected chi connectivity index (χ4v) is 5.29. The number of aliphatic hydroxyl groups excluding tert-OH is 1. The Kier molecular flexibility index (Phi) is 5.56. The van der Waals surface area contributed by atoms with Crippen LogP contribution in [0.25, 0.3) is 0 Å². The van der Waals surface area contributed by atoms with Gasteiger partial charge in [0.1, 0.15) is 0 Å². The summed E-state index contributed by atoms with van der Waals surface area (Å²) in [7, 11) is 0. The van der Waals surface area contributed by atoms with Crippen molar-refractivity contribution in [2.45, 2.75) is 50.4 Å². The van der Waals surface area contributed by atoms with Crippen LogP contribution < -0.4 is 0 Å². The molecule has 0 aromatic heterocycles. The minimum absolute atomic E-state index is 0.508. The van der Waals surface area contributed by atoms with Crippen molar-refractivity contribution in [3.8, 4) is 0 Å². The van der Waals surface area contributed by atoms with E-state index in [9.17, 15) is 15.3 Å². The summed E-state index contributed by atoms with van der Waals surface area (Å²) in [6, 6.07) is 17.9. The highest BCUT2D eigenvalue weighted by atomic mass is 16.3. The number of fused-ring (bicyclic) bond motifs is 1. The van der Waals surface area contributed by atoms with Gasteiger partial charge < -0.3 is 15.3 Å². The van der Waals surface area contributed by atoms with Crippen LogP contribution in [-0.2, 0) is 12.0 Å². The van der Waals surface area contributed by atoms with Gasteiger partial charge in [-0.25, -0.2) is 0 Å². The molecule has 1 heterocycles. The second-order valence-corrected chi connectivity index (χ2v) is 9.73. The number of β-amino-alcohol motifs (C(OH)–C–C–N with tert-alkyl or cyclic N) is 1. The predicted octanol–water partition coefficient (Wildman–Crippen LogP) is 3.26. The lowest BCUT2D eigenvalue weighted by atomic mass is 9.91. The highest BCUT2D eigenvalue weighted by Crippen LogP contribution is 2.45. The molecule has 2 aromatic carbocycles. The fourth-order valence-electron chi connectivity index (χ4n) is 5.29. The lowest BCUT2D eigenvalue weighted by Crippen LogP contribution is -2.33. The molecule has 2 aromatic rings. The van der Waals surface area contributed by atoms with Crippen molar-refractivity contribution in [1.82, 2.24) is 4.90 Å². The second-order valence-electron chi connectivity index (χ2n) is 9.73. The Hall–Kier alpha value is -1.72. The summed E-state index contributed by atoms with van der Waals surface area (Å²) < 4.78 is 0. The molecule has 0 radical (unpaired) electrons. The monoisotopic (exact) mass is 395 g/mol. The summed E-state index contributed by atoms with van der Waals surface area (Å²) in [6.07, 6.45) is 1.89. The normalized spacial score (nSPS) is 28.4.